The van der Waals surface area contributed by atoms with E-state index >= 15 is 0 Å². The molecule has 94 valence electrons. The maximum absolute atomic E-state index is 11.8. The van der Waals surface area contributed by atoms with E-state index in [1.54, 1.807) is 12.3 Å². The molecule has 0 aromatic carbocycles. The zero-order valence-corrected chi connectivity index (χ0v) is 10.9. The number of carbonyl (C=O) groups excluding carboxylic acids is 1. The number of rotatable bonds is 5. The van der Waals surface area contributed by atoms with Crippen LogP contribution < -0.4 is 5.32 Å². The molecule has 1 aromatic rings. The Hall–Kier alpha value is -1.43. The van der Waals surface area contributed by atoms with Crippen molar-refractivity contribution in [3.63, 3.8) is 0 Å². The second-order valence-corrected chi connectivity index (χ2v) is 4.94. The largest absolute Gasteiger partial charge is 0.480 e. The topological polar surface area (TPSA) is 79.3 Å². The Morgan fingerprint density at radius 3 is 2.59 bits per heavy atom. The van der Waals surface area contributed by atoms with E-state index in [0.29, 0.717) is 17.7 Å². The first-order valence-corrected chi connectivity index (χ1v) is 6.20. The van der Waals surface area contributed by atoms with Crippen LogP contribution in [0.3, 0.4) is 0 Å². The maximum atomic E-state index is 11.8. The highest BCUT2D eigenvalue weighted by Crippen LogP contribution is 2.11. The molecule has 0 fully saturated rings. The summed E-state index contributed by atoms with van der Waals surface area (Å²) in [4.78, 5) is 22.8. The quantitative estimate of drug-likeness (QED) is 0.840. The SMILES string of the molecule is Cc1nscc1C(=O)N[C@H](CC(C)C)C(=O)O. The number of hydrogen-bond donors (Lipinski definition) is 2. The van der Waals surface area contributed by atoms with Crippen LogP contribution in [0.15, 0.2) is 5.38 Å². The van der Waals surface area contributed by atoms with E-state index in [2.05, 4.69) is 9.69 Å². The fraction of sp³-hybridized carbons (Fsp3) is 0.545. The van der Waals surface area contributed by atoms with Crippen molar-refractivity contribution < 1.29 is 14.7 Å². The summed E-state index contributed by atoms with van der Waals surface area (Å²) in [6, 6.07) is -0.846. The fourth-order valence-corrected chi connectivity index (χ4v) is 2.13. The Bertz CT molecular complexity index is 415. The molecule has 0 saturated heterocycles. The minimum atomic E-state index is -1.01. The van der Waals surface area contributed by atoms with E-state index in [4.69, 9.17) is 5.11 Å². The van der Waals surface area contributed by atoms with Crippen LogP contribution in [0.25, 0.3) is 0 Å². The molecule has 1 rings (SSSR count). The standard InChI is InChI=1S/C11H16N2O3S/c1-6(2)4-9(11(15)16)12-10(14)8-5-17-13-7(8)3/h5-6,9H,4H2,1-3H3,(H,12,14)(H,15,16)/t9-/m1/s1. The van der Waals surface area contributed by atoms with Gasteiger partial charge in [-0.15, -0.1) is 0 Å². The number of aliphatic carboxylic acids is 1. The average molecular weight is 256 g/mol. The first-order valence-electron chi connectivity index (χ1n) is 5.36. The van der Waals surface area contributed by atoms with E-state index in [9.17, 15) is 9.59 Å². The van der Waals surface area contributed by atoms with Crippen LogP contribution in [0.2, 0.25) is 0 Å². The molecule has 1 heterocycles. The summed E-state index contributed by atoms with van der Waals surface area (Å²) in [6.45, 7) is 5.56. The third kappa shape index (κ3) is 3.81. The Morgan fingerprint density at radius 1 is 1.53 bits per heavy atom. The number of nitrogens with zero attached hydrogens (tertiary/aromatic N) is 1. The summed E-state index contributed by atoms with van der Waals surface area (Å²) < 4.78 is 3.98. The minimum Gasteiger partial charge on any atom is -0.480 e. The van der Waals surface area contributed by atoms with E-state index in [1.807, 2.05) is 13.8 Å². The zero-order valence-electron chi connectivity index (χ0n) is 10.1. The summed E-state index contributed by atoms with van der Waals surface area (Å²) in [5, 5.41) is 13.2. The average Bonchev–Trinajstić information content (AvgIpc) is 2.62. The number of aromatic nitrogens is 1. The predicted octanol–water partition coefficient (Wildman–Crippen LogP) is 1.68. The highest BCUT2D eigenvalue weighted by atomic mass is 32.1. The molecule has 1 aromatic heterocycles. The van der Waals surface area contributed by atoms with Crippen LogP contribution >= 0.6 is 11.5 Å². The first kappa shape index (κ1) is 13.6. The van der Waals surface area contributed by atoms with Gasteiger partial charge in [-0.25, -0.2) is 4.79 Å². The van der Waals surface area contributed by atoms with E-state index < -0.39 is 12.0 Å². The van der Waals surface area contributed by atoms with Gasteiger partial charge in [-0.1, -0.05) is 13.8 Å². The van der Waals surface area contributed by atoms with Crippen molar-refractivity contribution in [3.8, 4) is 0 Å². The monoisotopic (exact) mass is 256 g/mol. The first-order chi connectivity index (χ1) is 7.91. The molecule has 6 heteroatoms. The second-order valence-electron chi connectivity index (χ2n) is 4.31. The molecule has 0 radical (unpaired) electrons. The lowest BCUT2D eigenvalue weighted by Crippen LogP contribution is -2.41. The van der Waals surface area contributed by atoms with Crippen molar-refractivity contribution in [1.29, 1.82) is 0 Å². The summed E-state index contributed by atoms with van der Waals surface area (Å²) in [5.41, 5.74) is 1.08. The molecular formula is C11H16N2O3S. The summed E-state index contributed by atoms with van der Waals surface area (Å²) in [5.74, 6) is -1.17. The van der Waals surface area contributed by atoms with E-state index in [0.717, 1.165) is 0 Å². The van der Waals surface area contributed by atoms with Crippen molar-refractivity contribution >= 4 is 23.4 Å². The molecular weight excluding hydrogens is 240 g/mol. The lowest BCUT2D eigenvalue weighted by Gasteiger charge is -2.16. The Kier molecular flexibility index (Phi) is 4.62. The van der Waals surface area contributed by atoms with Gasteiger partial charge in [0.05, 0.1) is 11.3 Å². The molecule has 17 heavy (non-hydrogen) atoms. The lowest BCUT2D eigenvalue weighted by molar-refractivity contribution is -0.139. The molecule has 5 nitrogen and oxygen atoms in total. The van der Waals surface area contributed by atoms with Gasteiger partial charge in [0.15, 0.2) is 0 Å². The molecule has 0 aliphatic rings. The smallest absolute Gasteiger partial charge is 0.326 e. The van der Waals surface area contributed by atoms with Crippen molar-refractivity contribution in [2.75, 3.05) is 0 Å². The third-order valence-corrected chi connectivity index (χ3v) is 3.03. The van der Waals surface area contributed by atoms with Crippen molar-refractivity contribution in [3.05, 3.63) is 16.6 Å². The second kappa shape index (κ2) is 5.77. The molecule has 0 spiro atoms. The van der Waals surface area contributed by atoms with Gasteiger partial charge in [0, 0.05) is 5.38 Å². The maximum Gasteiger partial charge on any atom is 0.326 e. The third-order valence-electron chi connectivity index (χ3n) is 2.31. The minimum absolute atomic E-state index is 0.207. The number of nitrogens with one attached hydrogen (secondary N) is 1. The molecule has 0 bridgehead atoms. The molecule has 1 amide bonds. The van der Waals surface area contributed by atoms with Crippen molar-refractivity contribution in [2.45, 2.75) is 33.2 Å². The van der Waals surface area contributed by atoms with Gasteiger partial charge < -0.3 is 10.4 Å². The number of carboxylic acid groups (broad SMARTS) is 1. The van der Waals surface area contributed by atoms with E-state index in [-0.39, 0.29) is 11.8 Å². The van der Waals surface area contributed by atoms with Gasteiger partial charge in [0.1, 0.15) is 6.04 Å². The van der Waals surface area contributed by atoms with Gasteiger partial charge in [-0.05, 0) is 30.8 Å². The highest BCUT2D eigenvalue weighted by Gasteiger charge is 2.22. The van der Waals surface area contributed by atoms with Gasteiger partial charge in [-0.3, -0.25) is 4.79 Å². The van der Waals surface area contributed by atoms with Gasteiger partial charge in [-0.2, -0.15) is 4.37 Å². The molecule has 0 saturated carbocycles. The summed E-state index contributed by atoms with van der Waals surface area (Å²) in [6.07, 6.45) is 0.414. The highest BCUT2D eigenvalue weighted by molar-refractivity contribution is 7.03. The number of carbonyl (C=O) groups is 2. The molecule has 1 atom stereocenters. The number of amides is 1. The van der Waals surface area contributed by atoms with Crippen LogP contribution in [0.5, 0.6) is 0 Å². The molecule has 0 aliphatic carbocycles. The van der Waals surface area contributed by atoms with Crippen LogP contribution in [-0.4, -0.2) is 27.4 Å². The number of aryl methyl sites for hydroxylation is 1. The summed E-state index contributed by atoms with van der Waals surface area (Å²) in [7, 11) is 0. The van der Waals surface area contributed by atoms with Gasteiger partial charge >= 0.3 is 5.97 Å². The number of hydrogen-bond acceptors (Lipinski definition) is 4. The van der Waals surface area contributed by atoms with Gasteiger partial charge in [0.25, 0.3) is 5.91 Å². The van der Waals surface area contributed by atoms with Crippen molar-refractivity contribution in [2.24, 2.45) is 5.92 Å². The summed E-state index contributed by atoms with van der Waals surface area (Å²) >= 11 is 1.19. The molecule has 2 N–H and O–H groups in total. The van der Waals surface area contributed by atoms with Crippen LogP contribution in [0, 0.1) is 12.8 Å². The van der Waals surface area contributed by atoms with Crippen molar-refractivity contribution in [1.82, 2.24) is 9.69 Å². The van der Waals surface area contributed by atoms with Crippen LogP contribution in [0.4, 0.5) is 0 Å². The number of carboxylic acids is 1. The van der Waals surface area contributed by atoms with E-state index in [1.165, 1.54) is 11.5 Å². The Balaban J connectivity index is 2.71. The predicted molar refractivity (Wildman–Crippen MR) is 65.2 cm³/mol. The Morgan fingerprint density at radius 2 is 2.18 bits per heavy atom. The van der Waals surface area contributed by atoms with Crippen LogP contribution in [0.1, 0.15) is 36.3 Å². The normalized spacial score (nSPS) is 12.5. The van der Waals surface area contributed by atoms with Gasteiger partial charge in [0.2, 0.25) is 0 Å². The zero-order chi connectivity index (χ0) is 13.0. The fourth-order valence-electron chi connectivity index (χ4n) is 1.44. The Labute approximate surface area is 104 Å². The molecule has 0 unspecified atom stereocenters. The van der Waals surface area contributed by atoms with Crippen LogP contribution in [-0.2, 0) is 4.79 Å². The lowest BCUT2D eigenvalue weighted by atomic mass is 10.0. The molecule has 0 aliphatic heterocycles.